The summed E-state index contributed by atoms with van der Waals surface area (Å²) in [7, 11) is 0. The second kappa shape index (κ2) is 8.13. The molecule has 4 N–H and O–H groups in total. The van der Waals surface area contributed by atoms with Crippen molar-refractivity contribution in [3.63, 3.8) is 0 Å². The van der Waals surface area contributed by atoms with E-state index in [1.54, 1.807) is 24.3 Å². The first-order valence-electron chi connectivity index (χ1n) is 9.07. The van der Waals surface area contributed by atoms with Gasteiger partial charge in [-0.05, 0) is 31.1 Å². The summed E-state index contributed by atoms with van der Waals surface area (Å²) in [5.41, 5.74) is 8.12. The van der Waals surface area contributed by atoms with Crippen molar-refractivity contribution in [1.29, 1.82) is 5.41 Å². The molecule has 0 unspecified atom stereocenters. The van der Waals surface area contributed by atoms with Gasteiger partial charge in [0, 0.05) is 34.9 Å². The van der Waals surface area contributed by atoms with E-state index in [0.29, 0.717) is 28.8 Å². The Bertz CT molecular complexity index is 801. The molecule has 2 aliphatic rings. The number of carbonyl (C=O) groups is 1. The molecule has 0 spiro atoms. The maximum atomic E-state index is 13.5. The van der Waals surface area contributed by atoms with Gasteiger partial charge in [-0.3, -0.25) is 10.2 Å². The zero-order valence-corrected chi connectivity index (χ0v) is 14.7. The Kier molecular flexibility index (Phi) is 5.66. The van der Waals surface area contributed by atoms with Gasteiger partial charge in [-0.25, -0.2) is 4.39 Å². The molecular formula is C21H24FN3O. The summed E-state index contributed by atoms with van der Waals surface area (Å²) in [5, 5.41) is 11.5. The lowest BCUT2D eigenvalue weighted by Gasteiger charge is -2.23. The van der Waals surface area contributed by atoms with E-state index in [1.807, 2.05) is 6.08 Å². The molecule has 0 radical (unpaired) electrons. The number of allylic oxidation sites excluding steroid dienone is 3. The molecule has 136 valence electrons. The van der Waals surface area contributed by atoms with Crippen LogP contribution in [0.3, 0.4) is 0 Å². The third kappa shape index (κ3) is 4.28. The van der Waals surface area contributed by atoms with Crippen LogP contribution in [0.15, 0.2) is 59.3 Å². The second-order valence-electron chi connectivity index (χ2n) is 6.84. The van der Waals surface area contributed by atoms with Gasteiger partial charge in [0.2, 0.25) is 0 Å². The first kappa shape index (κ1) is 18.1. The summed E-state index contributed by atoms with van der Waals surface area (Å²) in [4.78, 5) is 12.7. The van der Waals surface area contributed by atoms with Gasteiger partial charge in [-0.15, -0.1) is 0 Å². The van der Waals surface area contributed by atoms with Gasteiger partial charge in [0.05, 0.1) is 5.71 Å². The van der Waals surface area contributed by atoms with Crippen molar-refractivity contribution < 1.29 is 9.18 Å². The van der Waals surface area contributed by atoms with Crippen LogP contribution in [0.5, 0.6) is 0 Å². The number of rotatable bonds is 4. The minimum Gasteiger partial charge on any atom is -0.401 e. The maximum absolute atomic E-state index is 13.5. The van der Waals surface area contributed by atoms with E-state index in [4.69, 9.17) is 11.1 Å². The Morgan fingerprint density at radius 3 is 2.73 bits per heavy atom. The van der Waals surface area contributed by atoms with E-state index < -0.39 is 5.82 Å². The SMILES string of the molecule is N=C(C1=C(N)CC=CC(C(=O)NC2CCCCC2)=C1)c1cccc(F)c1. The van der Waals surface area contributed by atoms with Gasteiger partial charge in [0.25, 0.3) is 5.91 Å². The molecule has 0 saturated heterocycles. The van der Waals surface area contributed by atoms with Crippen LogP contribution < -0.4 is 11.1 Å². The molecule has 1 amide bonds. The Morgan fingerprint density at radius 1 is 1.23 bits per heavy atom. The van der Waals surface area contributed by atoms with Gasteiger partial charge in [-0.2, -0.15) is 0 Å². The highest BCUT2D eigenvalue weighted by Crippen LogP contribution is 2.22. The van der Waals surface area contributed by atoms with Crippen molar-refractivity contribution in [3.05, 3.63) is 70.7 Å². The number of benzene rings is 1. The van der Waals surface area contributed by atoms with Crippen LogP contribution in [0, 0.1) is 11.2 Å². The molecule has 5 heteroatoms. The molecule has 1 aromatic carbocycles. The fraction of sp³-hybridized carbons (Fsp3) is 0.333. The maximum Gasteiger partial charge on any atom is 0.251 e. The van der Waals surface area contributed by atoms with Crippen molar-refractivity contribution in [2.45, 2.75) is 44.6 Å². The highest BCUT2D eigenvalue weighted by molar-refractivity contribution is 6.14. The third-order valence-corrected chi connectivity index (χ3v) is 4.87. The van der Waals surface area contributed by atoms with E-state index in [1.165, 1.54) is 18.6 Å². The average Bonchev–Trinajstić information content (AvgIpc) is 2.84. The largest absolute Gasteiger partial charge is 0.401 e. The minimum absolute atomic E-state index is 0.119. The lowest BCUT2D eigenvalue weighted by Crippen LogP contribution is -2.36. The average molecular weight is 353 g/mol. The number of hydrogen-bond donors (Lipinski definition) is 3. The Hall–Kier alpha value is -2.69. The number of nitrogens with two attached hydrogens (primary N) is 1. The molecule has 26 heavy (non-hydrogen) atoms. The molecular weight excluding hydrogens is 329 g/mol. The monoisotopic (exact) mass is 353 g/mol. The lowest BCUT2D eigenvalue weighted by molar-refractivity contribution is -0.118. The predicted molar refractivity (Wildman–Crippen MR) is 101 cm³/mol. The fourth-order valence-electron chi connectivity index (χ4n) is 3.41. The fourth-order valence-corrected chi connectivity index (χ4v) is 3.41. The number of amides is 1. The van der Waals surface area contributed by atoms with E-state index in [0.717, 1.165) is 25.7 Å². The molecule has 0 heterocycles. The minimum atomic E-state index is -0.405. The Labute approximate surface area is 153 Å². The summed E-state index contributed by atoms with van der Waals surface area (Å²) in [6, 6.07) is 6.07. The zero-order chi connectivity index (χ0) is 18.5. The highest BCUT2D eigenvalue weighted by atomic mass is 19.1. The van der Waals surface area contributed by atoms with E-state index in [2.05, 4.69) is 5.32 Å². The van der Waals surface area contributed by atoms with Gasteiger partial charge >= 0.3 is 0 Å². The molecule has 1 aromatic rings. The number of nitrogens with one attached hydrogen (secondary N) is 2. The molecule has 0 aliphatic heterocycles. The van der Waals surface area contributed by atoms with Crippen LogP contribution >= 0.6 is 0 Å². The van der Waals surface area contributed by atoms with Crippen LogP contribution in [-0.4, -0.2) is 17.7 Å². The normalized spacial score (nSPS) is 18.3. The summed E-state index contributed by atoms with van der Waals surface area (Å²) in [5.74, 6) is -0.551. The van der Waals surface area contributed by atoms with Crippen molar-refractivity contribution in [1.82, 2.24) is 5.32 Å². The van der Waals surface area contributed by atoms with Gasteiger partial charge in [0.1, 0.15) is 5.82 Å². The smallest absolute Gasteiger partial charge is 0.251 e. The van der Waals surface area contributed by atoms with Crippen LogP contribution in [0.4, 0.5) is 4.39 Å². The summed E-state index contributed by atoms with van der Waals surface area (Å²) in [6.07, 6.45) is 11.2. The number of carbonyl (C=O) groups excluding carboxylic acids is 1. The van der Waals surface area contributed by atoms with Crippen molar-refractivity contribution in [2.24, 2.45) is 5.73 Å². The van der Waals surface area contributed by atoms with Crippen LogP contribution in [0.1, 0.15) is 44.1 Å². The Balaban J connectivity index is 1.83. The second-order valence-corrected chi connectivity index (χ2v) is 6.84. The summed E-state index contributed by atoms with van der Waals surface area (Å²) in [6.45, 7) is 0. The van der Waals surface area contributed by atoms with Crippen molar-refractivity contribution in [2.75, 3.05) is 0 Å². The van der Waals surface area contributed by atoms with Crippen molar-refractivity contribution >= 4 is 11.6 Å². The molecule has 0 bridgehead atoms. The van der Waals surface area contributed by atoms with Gasteiger partial charge in [0.15, 0.2) is 0 Å². The topological polar surface area (TPSA) is 79.0 Å². The standard InChI is InChI=1S/C21H24FN3O/c22-16-8-4-6-14(12-16)20(24)18-13-15(7-5-11-19(18)23)21(26)25-17-9-2-1-3-10-17/h4-8,12-13,17,24H,1-3,9-11,23H2,(H,25,26). The molecule has 0 atom stereocenters. The zero-order valence-electron chi connectivity index (χ0n) is 14.7. The quantitative estimate of drug-likeness (QED) is 0.721. The molecule has 3 rings (SSSR count). The molecule has 1 fully saturated rings. The molecule has 4 nitrogen and oxygen atoms in total. The predicted octanol–water partition coefficient (Wildman–Crippen LogP) is 3.74. The molecule has 0 aromatic heterocycles. The third-order valence-electron chi connectivity index (χ3n) is 4.87. The molecule has 1 saturated carbocycles. The van der Waals surface area contributed by atoms with Gasteiger partial charge in [-0.1, -0.05) is 43.5 Å². The van der Waals surface area contributed by atoms with Gasteiger partial charge < -0.3 is 11.1 Å². The van der Waals surface area contributed by atoms with Crippen LogP contribution in [0.2, 0.25) is 0 Å². The number of halogens is 1. The van der Waals surface area contributed by atoms with E-state index in [9.17, 15) is 9.18 Å². The van der Waals surface area contributed by atoms with E-state index in [-0.39, 0.29) is 17.7 Å². The van der Waals surface area contributed by atoms with Crippen LogP contribution in [0.25, 0.3) is 0 Å². The summed E-state index contributed by atoms with van der Waals surface area (Å²) >= 11 is 0. The highest BCUT2D eigenvalue weighted by Gasteiger charge is 2.20. The van der Waals surface area contributed by atoms with E-state index >= 15 is 0 Å². The first-order valence-corrected chi connectivity index (χ1v) is 9.07. The lowest BCUT2D eigenvalue weighted by atomic mass is 9.95. The summed E-state index contributed by atoms with van der Waals surface area (Å²) < 4.78 is 13.5. The van der Waals surface area contributed by atoms with Crippen LogP contribution in [-0.2, 0) is 4.79 Å². The Morgan fingerprint density at radius 2 is 2.00 bits per heavy atom. The number of hydrogen-bond acceptors (Lipinski definition) is 3. The first-order chi connectivity index (χ1) is 12.5. The molecule has 2 aliphatic carbocycles. The van der Waals surface area contributed by atoms with Crippen molar-refractivity contribution in [3.8, 4) is 0 Å².